The van der Waals surface area contributed by atoms with E-state index in [2.05, 4.69) is 11.8 Å². The van der Waals surface area contributed by atoms with Gasteiger partial charge < -0.3 is 5.73 Å². The van der Waals surface area contributed by atoms with Gasteiger partial charge in [-0.2, -0.15) is 11.8 Å². The van der Waals surface area contributed by atoms with Crippen LogP contribution in [0, 0.1) is 5.82 Å². The van der Waals surface area contributed by atoms with E-state index in [1.54, 1.807) is 12.1 Å². The largest absolute Gasteiger partial charge is 0.398 e. The highest BCUT2D eigenvalue weighted by Gasteiger charge is 2.19. The van der Waals surface area contributed by atoms with Crippen molar-refractivity contribution in [1.29, 1.82) is 0 Å². The molecule has 0 amide bonds. The molecule has 0 aromatic heterocycles. The van der Waals surface area contributed by atoms with Crippen LogP contribution < -0.4 is 5.73 Å². The first kappa shape index (κ1) is 11.7. The number of rotatable bonds is 2. The molecular formula is C12H17FN2S. The second kappa shape index (κ2) is 5.06. The van der Waals surface area contributed by atoms with Gasteiger partial charge in [-0.1, -0.05) is 0 Å². The Hall–Kier alpha value is -0.740. The minimum atomic E-state index is -0.205. The molecule has 0 aliphatic carbocycles. The minimum Gasteiger partial charge on any atom is -0.398 e. The lowest BCUT2D eigenvalue weighted by molar-refractivity contribution is 0.224. The predicted octanol–water partition coefficient (Wildman–Crippen LogP) is 2.35. The first-order chi connectivity index (χ1) is 7.66. The van der Waals surface area contributed by atoms with Crippen molar-refractivity contribution in [3.63, 3.8) is 0 Å². The Morgan fingerprint density at radius 1 is 1.56 bits per heavy atom. The van der Waals surface area contributed by atoms with Gasteiger partial charge in [0.05, 0.1) is 0 Å². The quantitative estimate of drug-likeness (QED) is 0.805. The van der Waals surface area contributed by atoms with Gasteiger partial charge in [0.25, 0.3) is 0 Å². The van der Waals surface area contributed by atoms with Crippen molar-refractivity contribution in [3.8, 4) is 0 Å². The van der Waals surface area contributed by atoms with Crippen molar-refractivity contribution < 1.29 is 4.39 Å². The van der Waals surface area contributed by atoms with E-state index >= 15 is 0 Å². The van der Waals surface area contributed by atoms with Crippen molar-refractivity contribution in [2.75, 3.05) is 23.8 Å². The Labute approximate surface area is 100 Å². The maximum Gasteiger partial charge on any atom is 0.123 e. The molecule has 1 aliphatic heterocycles. The molecule has 2 N–H and O–H groups in total. The maximum absolute atomic E-state index is 13.1. The Morgan fingerprint density at radius 2 is 2.38 bits per heavy atom. The van der Waals surface area contributed by atoms with Gasteiger partial charge in [-0.3, -0.25) is 4.90 Å². The fraction of sp³-hybridized carbons (Fsp3) is 0.500. The van der Waals surface area contributed by atoms with Crippen LogP contribution in [0.2, 0.25) is 0 Å². The molecule has 0 bridgehead atoms. The molecule has 2 nitrogen and oxygen atoms in total. The summed E-state index contributed by atoms with van der Waals surface area (Å²) >= 11 is 1.98. The molecule has 1 saturated heterocycles. The fourth-order valence-corrected chi connectivity index (χ4v) is 3.01. The van der Waals surface area contributed by atoms with Gasteiger partial charge >= 0.3 is 0 Å². The molecule has 1 aliphatic rings. The molecule has 1 fully saturated rings. The van der Waals surface area contributed by atoms with E-state index in [0.29, 0.717) is 11.7 Å². The molecule has 0 radical (unpaired) electrons. The molecular weight excluding hydrogens is 223 g/mol. The number of hydrogen-bond acceptors (Lipinski definition) is 3. The smallest absolute Gasteiger partial charge is 0.123 e. The summed E-state index contributed by atoms with van der Waals surface area (Å²) in [5, 5.41) is 0. The highest BCUT2D eigenvalue weighted by molar-refractivity contribution is 7.99. The van der Waals surface area contributed by atoms with Crippen molar-refractivity contribution in [3.05, 3.63) is 29.6 Å². The highest BCUT2D eigenvalue weighted by atomic mass is 32.2. The van der Waals surface area contributed by atoms with E-state index in [-0.39, 0.29) is 5.82 Å². The molecule has 1 aromatic rings. The fourth-order valence-electron chi connectivity index (χ4n) is 1.93. The Bertz CT molecular complexity index is 370. The predicted molar refractivity (Wildman–Crippen MR) is 68.0 cm³/mol. The number of benzene rings is 1. The van der Waals surface area contributed by atoms with Gasteiger partial charge in [0.15, 0.2) is 0 Å². The molecule has 4 heteroatoms. The zero-order valence-corrected chi connectivity index (χ0v) is 10.3. The standard InChI is InChI=1S/C12H17FN2S/c1-9-8-16-5-4-15(9)7-10-6-11(13)2-3-12(10)14/h2-3,6,9H,4-5,7-8,14H2,1H3. The number of halogens is 1. The molecule has 1 atom stereocenters. The second-order valence-corrected chi connectivity index (χ2v) is 5.39. The topological polar surface area (TPSA) is 29.3 Å². The van der Waals surface area contributed by atoms with Crippen LogP contribution in [0.4, 0.5) is 10.1 Å². The van der Waals surface area contributed by atoms with Gasteiger partial charge in [0.1, 0.15) is 5.82 Å². The zero-order chi connectivity index (χ0) is 11.5. The lowest BCUT2D eigenvalue weighted by Crippen LogP contribution is -2.39. The maximum atomic E-state index is 13.1. The zero-order valence-electron chi connectivity index (χ0n) is 9.45. The number of thioether (sulfide) groups is 1. The van der Waals surface area contributed by atoms with E-state index in [4.69, 9.17) is 5.73 Å². The third kappa shape index (κ3) is 2.68. The lowest BCUT2D eigenvalue weighted by atomic mass is 10.1. The van der Waals surface area contributed by atoms with Gasteiger partial charge in [0.2, 0.25) is 0 Å². The second-order valence-electron chi connectivity index (χ2n) is 4.24. The molecule has 88 valence electrons. The van der Waals surface area contributed by atoms with Crippen LogP contribution in [0.3, 0.4) is 0 Å². The molecule has 2 rings (SSSR count). The molecule has 1 unspecified atom stereocenters. The molecule has 0 spiro atoms. The van der Waals surface area contributed by atoms with Crippen LogP contribution in [0.5, 0.6) is 0 Å². The van der Waals surface area contributed by atoms with Crippen molar-refractivity contribution in [1.82, 2.24) is 4.90 Å². The van der Waals surface area contributed by atoms with E-state index < -0.39 is 0 Å². The molecule has 1 heterocycles. The summed E-state index contributed by atoms with van der Waals surface area (Å²) in [7, 11) is 0. The third-order valence-electron chi connectivity index (χ3n) is 2.98. The third-order valence-corrected chi connectivity index (χ3v) is 4.17. The average Bonchev–Trinajstić information content (AvgIpc) is 2.27. The van der Waals surface area contributed by atoms with E-state index in [9.17, 15) is 4.39 Å². The van der Waals surface area contributed by atoms with Gasteiger partial charge in [-0.05, 0) is 30.7 Å². The number of hydrogen-bond donors (Lipinski definition) is 1. The Morgan fingerprint density at radius 3 is 3.12 bits per heavy atom. The summed E-state index contributed by atoms with van der Waals surface area (Å²) in [6, 6.07) is 5.15. The number of nitrogens with zero attached hydrogens (tertiary/aromatic N) is 1. The van der Waals surface area contributed by atoms with Crippen LogP contribution in [-0.4, -0.2) is 29.0 Å². The van der Waals surface area contributed by atoms with Crippen molar-refractivity contribution in [2.45, 2.75) is 19.5 Å². The van der Waals surface area contributed by atoms with Crippen LogP contribution in [0.1, 0.15) is 12.5 Å². The molecule has 0 saturated carbocycles. The summed E-state index contributed by atoms with van der Waals surface area (Å²) in [5.74, 6) is 2.10. The summed E-state index contributed by atoms with van der Waals surface area (Å²) in [5.41, 5.74) is 7.44. The highest BCUT2D eigenvalue weighted by Crippen LogP contribution is 2.21. The Balaban J connectivity index is 2.10. The monoisotopic (exact) mass is 240 g/mol. The first-order valence-corrected chi connectivity index (χ1v) is 6.68. The number of anilines is 1. The molecule has 16 heavy (non-hydrogen) atoms. The first-order valence-electron chi connectivity index (χ1n) is 5.52. The van der Waals surface area contributed by atoms with Crippen LogP contribution in [-0.2, 0) is 6.54 Å². The van der Waals surface area contributed by atoms with Crippen LogP contribution >= 0.6 is 11.8 Å². The van der Waals surface area contributed by atoms with Gasteiger partial charge in [0, 0.05) is 36.3 Å². The summed E-state index contributed by atoms with van der Waals surface area (Å²) < 4.78 is 13.1. The lowest BCUT2D eigenvalue weighted by Gasteiger charge is -2.33. The SMILES string of the molecule is CC1CSCCN1Cc1cc(F)ccc1N. The van der Waals surface area contributed by atoms with E-state index in [0.717, 1.165) is 30.2 Å². The summed E-state index contributed by atoms with van der Waals surface area (Å²) in [6.07, 6.45) is 0. The number of nitrogen functional groups attached to an aromatic ring is 1. The van der Waals surface area contributed by atoms with Gasteiger partial charge in [-0.25, -0.2) is 4.39 Å². The normalized spacial score (nSPS) is 22.2. The molecule has 1 aromatic carbocycles. The number of nitrogens with two attached hydrogens (primary N) is 1. The van der Waals surface area contributed by atoms with Gasteiger partial charge in [-0.15, -0.1) is 0 Å². The van der Waals surface area contributed by atoms with Crippen LogP contribution in [0.25, 0.3) is 0 Å². The van der Waals surface area contributed by atoms with E-state index in [1.807, 2.05) is 11.8 Å². The van der Waals surface area contributed by atoms with E-state index in [1.165, 1.54) is 6.07 Å². The minimum absolute atomic E-state index is 0.205. The Kier molecular flexibility index (Phi) is 3.71. The van der Waals surface area contributed by atoms with Crippen molar-refractivity contribution in [2.24, 2.45) is 0 Å². The average molecular weight is 240 g/mol. The summed E-state index contributed by atoms with van der Waals surface area (Å²) in [6.45, 7) is 4.02. The van der Waals surface area contributed by atoms with Crippen molar-refractivity contribution >= 4 is 17.4 Å². The summed E-state index contributed by atoms with van der Waals surface area (Å²) in [4.78, 5) is 2.36. The van der Waals surface area contributed by atoms with Crippen LogP contribution in [0.15, 0.2) is 18.2 Å².